The topological polar surface area (TPSA) is 100 Å². The SMILES string of the molecule is NC(=O)NC(Cc1c[nH]c2ccccc12)C(=O)NC1CCCCC1. The minimum Gasteiger partial charge on any atom is -0.361 e. The third-order valence-electron chi connectivity index (χ3n) is 4.68. The number of urea groups is 1. The van der Waals surface area contributed by atoms with E-state index in [9.17, 15) is 9.59 Å². The Morgan fingerprint density at radius 3 is 2.71 bits per heavy atom. The maximum Gasteiger partial charge on any atom is 0.312 e. The molecule has 1 aliphatic carbocycles. The van der Waals surface area contributed by atoms with Crippen LogP contribution in [0.4, 0.5) is 4.79 Å². The second-order valence-electron chi connectivity index (χ2n) is 6.47. The van der Waals surface area contributed by atoms with Crippen LogP contribution in [0, 0.1) is 0 Å². The molecule has 0 saturated heterocycles. The standard InChI is InChI=1S/C18H24N4O2/c19-18(24)22-16(17(23)21-13-6-2-1-3-7-13)10-12-11-20-15-9-5-4-8-14(12)15/h4-5,8-9,11,13,16,20H,1-3,6-7,10H2,(H,21,23)(H3,19,22,24). The quantitative estimate of drug-likeness (QED) is 0.676. The largest absolute Gasteiger partial charge is 0.361 e. The number of aromatic nitrogens is 1. The molecule has 1 aliphatic rings. The number of para-hydroxylation sites is 1. The molecular formula is C18H24N4O2. The van der Waals surface area contributed by atoms with Gasteiger partial charge in [-0.25, -0.2) is 4.79 Å². The number of primary amides is 1. The fourth-order valence-corrected chi connectivity index (χ4v) is 3.45. The summed E-state index contributed by atoms with van der Waals surface area (Å²) in [5, 5.41) is 6.71. The average molecular weight is 328 g/mol. The lowest BCUT2D eigenvalue weighted by Crippen LogP contribution is -2.52. The van der Waals surface area contributed by atoms with E-state index in [4.69, 9.17) is 5.73 Å². The molecular weight excluding hydrogens is 304 g/mol. The molecule has 1 unspecified atom stereocenters. The first-order valence-corrected chi connectivity index (χ1v) is 8.55. The molecule has 128 valence electrons. The Labute approximate surface area is 141 Å². The van der Waals surface area contributed by atoms with E-state index in [2.05, 4.69) is 15.6 Å². The van der Waals surface area contributed by atoms with Crippen molar-refractivity contribution in [3.8, 4) is 0 Å². The van der Waals surface area contributed by atoms with Crippen LogP contribution in [0.15, 0.2) is 30.5 Å². The molecule has 6 heteroatoms. The van der Waals surface area contributed by atoms with Crippen LogP contribution in [-0.2, 0) is 11.2 Å². The van der Waals surface area contributed by atoms with E-state index in [-0.39, 0.29) is 11.9 Å². The van der Waals surface area contributed by atoms with E-state index in [0.717, 1.165) is 42.1 Å². The molecule has 1 aromatic heterocycles. The van der Waals surface area contributed by atoms with E-state index in [1.165, 1.54) is 6.42 Å². The normalized spacial score (nSPS) is 16.7. The summed E-state index contributed by atoms with van der Waals surface area (Å²) in [4.78, 5) is 27.1. The van der Waals surface area contributed by atoms with Crippen molar-refractivity contribution in [2.24, 2.45) is 5.73 Å². The predicted octanol–water partition coefficient (Wildman–Crippen LogP) is 2.20. The Morgan fingerprint density at radius 2 is 1.96 bits per heavy atom. The summed E-state index contributed by atoms with van der Waals surface area (Å²) in [6.45, 7) is 0. The number of hydrogen-bond donors (Lipinski definition) is 4. The number of benzene rings is 1. The molecule has 3 amide bonds. The first kappa shape index (κ1) is 16.4. The van der Waals surface area contributed by atoms with E-state index in [1.807, 2.05) is 30.5 Å². The number of rotatable bonds is 5. The second-order valence-corrected chi connectivity index (χ2v) is 6.47. The Balaban J connectivity index is 1.73. The molecule has 1 aromatic carbocycles. The molecule has 1 fully saturated rings. The third-order valence-corrected chi connectivity index (χ3v) is 4.68. The highest BCUT2D eigenvalue weighted by atomic mass is 16.2. The maximum absolute atomic E-state index is 12.6. The smallest absolute Gasteiger partial charge is 0.312 e. The molecule has 0 bridgehead atoms. The van der Waals surface area contributed by atoms with Gasteiger partial charge in [-0.3, -0.25) is 4.79 Å². The van der Waals surface area contributed by atoms with Gasteiger partial charge in [0.15, 0.2) is 0 Å². The minimum absolute atomic E-state index is 0.161. The summed E-state index contributed by atoms with van der Waals surface area (Å²) in [6.07, 6.45) is 7.80. The van der Waals surface area contributed by atoms with E-state index < -0.39 is 12.1 Å². The summed E-state index contributed by atoms with van der Waals surface area (Å²) in [6, 6.07) is 6.75. The number of H-pyrrole nitrogens is 1. The van der Waals surface area contributed by atoms with Crippen molar-refractivity contribution in [2.75, 3.05) is 0 Å². The van der Waals surface area contributed by atoms with Crippen LogP contribution in [0.25, 0.3) is 10.9 Å². The van der Waals surface area contributed by atoms with Crippen molar-refractivity contribution in [1.82, 2.24) is 15.6 Å². The molecule has 1 saturated carbocycles. The number of carbonyl (C=O) groups excluding carboxylic acids is 2. The van der Waals surface area contributed by atoms with Crippen LogP contribution < -0.4 is 16.4 Å². The molecule has 3 rings (SSSR count). The van der Waals surface area contributed by atoms with Crippen molar-refractivity contribution >= 4 is 22.8 Å². The van der Waals surface area contributed by atoms with Gasteiger partial charge in [-0.05, 0) is 24.5 Å². The monoisotopic (exact) mass is 328 g/mol. The Morgan fingerprint density at radius 1 is 1.21 bits per heavy atom. The number of hydrogen-bond acceptors (Lipinski definition) is 2. The number of fused-ring (bicyclic) bond motifs is 1. The zero-order chi connectivity index (χ0) is 16.9. The lowest BCUT2D eigenvalue weighted by Gasteiger charge is -2.25. The number of nitrogens with one attached hydrogen (secondary N) is 3. The highest BCUT2D eigenvalue weighted by Gasteiger charge is 2.24. The van der Waals surface area contributed by atoms with Gasteiger partial charge in [-0.2, -0.15) is 0 Å². The van der Waals surface area contributed by atoms with Gasteiger partial charge >= 0.3 is 6.03 Å². The molecule has 0 radical (unpaired) electrons. The molecule has 1 atom stereocenters. The van der Waals surface area contributed by atoms with Crippen LogP contribution in [-0.4, -0.2) is 29.0 Å². The lowest BCUT2D eigenvalue weighted by atomic mass is 9.95. The number of amides is 3. The van der Waals surface area contributed by atoms with Gasteiger partial charge in [-0.15, -0.1) is 0 Å². The Hall–Kier alpha value is -2.50. The minimum atomic E-state index is -0.682. The van der Waals surface area contributed by atoms with Crippen molar-refractivity contribution in [3.05, 3.63) is 36.0 Å². The van der Waals surface area contributed by atoms with E-state index in [1.54, 1.807) is 0 Å². The molecule has 0 spiro atoms. The molecule has 2 aromatic rings. The number of aromatic amines is 1. The van der Waals surface area contributed by atoms with Crippen LogP contribution in [0.3, 0.4) is 0 Å². The van der Waals surface area contributed by atoms with Crippen molar-refractivity contribution in [2.45, 2.75) is 50.6 Å². The summed E-state index contributed by atoms with van der Waals surface area (Å²) in [5.74, 6) is -0.161. The Kier molecular flexibility index (Phi) is 5.03. The van der Waals surface area contributed by atoms with Gasteiger partial charge in [-0.1, -0.05) is 37.5 Å². The van der Waals surface area contributed by atoms with E-state index >= 15 is 0 Å². The molecule has 6 nitrogen and oxygen atoms in total. The number of nitrogens with two attached hydrogens (primary N) is 1. The van der Waals surface area contributed by atoms with Crippen LogP contribution >= 0.6 is 0 Å². The molecule has 0 aliphatic heterocycles. The molecule has 5 N–H and O–H groups in total. The van der Waals surface area contributed by atoms with Gasteiger partial charge in [0.2, 0.25) is 5.91 Å². The highest BCUT2D eigenvalue weighted by molar-refractivity contribution is 5.89. The van der Waals surface area contributed by atoms with Crippen LogP contribution in [0.1, 0.15) is 37.7 Å². The third kappa shape index (κ3) is 3.88. The summed E-state index contributed by atoms with van der Waals surface area (Å²) < 4.78 is 0. The van der Waals surface area contributed by atoms with Gasteiger partial charge in [0.25, 0.3) is 0 Å². The second kappa shape index (κ2) is 7.38. The summed E-state index contributed by atoms with van der Waals surface area (Å²) in [7, 11) is 0. The fraction of sp³-hybridized carbons (Fsp3) is 0.444. The van der Waals surface area contributed by atoms with Gasteiger partial charge in [0.05, 0.1) is 0 Å². The van der Waals surface area contributed by atoms with Gasteiger partial charge < -0.3 is 21.4 Å². The Bertz CT molecular complexity index is 719. The fourth-order valence-electron chi connectivity index (χ4n) is 3.45. The van der Waals surface area contributed by atoms with Crippen LogP contribution in [0.2, 0.25) is 0 Å². The van der Waals surface area contributed by atoms with Gasteiger partial charge in [0, 0.05) is 29.6 Å². The van der Waals surface area contributed by atoms with Crippen molar-refractivity contribution < 1.29 is 9.59 Å². The van der Waals surface area contributed by atoms with Crippen LogP contribution in [0.5, 0.6) is 0 Å². The summed E-state index contributed by atoms with van der Waals surface area (Å²) in [5.41, 5.74) is 7.27. The maximum atomic E-state index is 12.6. The zero-order valence-corrected chi connectivity index (χ0v) is 13.7. The zero-order valence-electron chi connectivity index (χ0n) is 13.7. The highest BCUT2D eigenvalue weighted by Crippen LogP contribution is 2.20. The first-order valence-electron chi connectivity index (χ1n) is 8.55. The lowest BCUT2D eigenvalue weighted by molar-refractivity contribution is -0.123. The predicted molar refractivity (Wildman–Crippen MR) is 93.5 cm³/mol. The summed E-state index contributed by atoms with van der Waals surface area (Å²) >= 11 is 0. The van der Waals surface area contributed by atoms with Crippen molar-refractivity contribution in [1.29, 1.82) is 0 Å². The molecule has 1 heterocycles. The van der Waals surface area contributed by atoms with E-state index in [0.29, 0.717) is 6.42 Å². The van der Waals surface area contributed by atoms with Gasteiger partial charge in [0.1, 0.15) is 6.04 Å². The first-order chi connectivity index (χ1) is 11.6. The molecule has 24 heavy (non-hydrogen) atoms. The number of carbonyl (C=O) groups is 2. The van der Waals surface area contributed by atoms with Crippen molar-refractivity contribution in [3.63, 3.8) is 0 Å². The average Bonchev–Trinajstić information content (AvgIpc) is 2.98.